The van der Waals surface area contributed by atoms with Gasteiger partial charge in [0.25, 0.3) is 0 Å². The molecule has 0 aromatic carbocycles. The topological polar surface area (TPSA) is 57.7 Å². The number of nitrogens with one attached hydrogen (secondary N) is 1. The summed E-state index contributed by atoms with van der Waals surface area (Å²) in [7, 11) is 0. The van der Waals surface area contributed by atoms with Gasteiger partial charge in [-0.3, -0.25) is 0 Å². The van der Waals surface area contributed by atoms with Crippen molar-refractivity contribution < 1.29 is 9.53 Å². The number of ether oxygens (including phenoxy) is 1. The van der Waals surface area contributed by atoms with Crippen LogP contribution in [0.4, 0.5) is 10.6 Å². The van der Waals surface area contributed by atoms with Crippen molar-refractivity contribution in [3.8, 4) is 5.88 Å². The maximum atomic E-state index is 12.1. The molecule has 0 unspecified atom stereocenters. The molecule has 0 radical (unpaired) electrons. The van der Waals surface area contributed by atoms with Crippen LogP contribution in [0.2, 0.25) is 0 Å². The summed E-state index contributed by atoms with van der Waals surface area (Å²) in [6, 6.07) is 6.16. The van der Waals surface area contributed by atoms with Gasteiger partial charge in [0, 0.05) is 38.3 Å². The molecule has 0 bridgehead atoms. The number of anilines is 1. The molecule has 1 aromatic heterocycles. The predicted molar refractivity (Wildman–Crippen MR) is 92.1 cm³/mol. The fraction of sp³-hybridized carbons (Fsp3) is 0.647. The molecule has 1 fully saturated rings. The monoisotopic (exact) mass is 320 g/mol. The lowest BCUT2D eigenvalue weighted by Crippen LogP contribution is -2.49. The third kappa shape index (κ3) is 4.74. The Labute approximate surface area is 138 Å². The second kappa shape index (κ2) is 8.60. The quantitative estimate of drug-likeness (QED) is 0.875. The fourth-order valence-electron chi connectivity index (χ4n) is 2.84. The standard InChI is InChI=1S/C17H28N4O2/c1-4-20(5-2)17(22)18-14-10-12-21(13-11-14)15-8-7-9-16(19-15)23-6-3/h7-9,14H,4-6,10-13H2,1-3H3,(H,18,22). The molecule has 2 amide bonds. The van der Waals surface area contributed by atoms with Crippen LogP contribution in [-0.2, 0) is 0 Å². The molecule has 0 aliphatic carbocycles. The van der Waals surface area contributed by atoms with Crippen LogP contribution in [0.1, 0.15) is 33.6 Å². The Morgan fingerprint density at radius 3 is 2.61 bits per heavy atom. The molecule has 2 rings (SSSR count). The number of carbonyl (C=O) groups is 1. The average Bonchev–Trinajstić information content (AvgIpc) is 2.57. The van der Waals surface area contributed by atoms with Gasteiger partial charge >= 0.3 is 6.03 Å². The van der Waals surface area contributed by atoms with Crippen LogP contribution in [0, 0.1) is 0 Å². The van der Waals surface area contributed by atoms with E-state index in [-0.39, 0.29) is 12.1 Å². The molecule has 1 saturated heterocycles. The zero-order chi connectivity index (χ0) is 16.7. The fourth-order valence-corrected chi connectivity index (χ4v) is 2.84. The van der Waals surface area contributed by atoms with Gasteiger partial charge in [-0.15, -0.1) is 0 Å². The summed E-state index contributed by atoms with van der Waals surface area (Å²) in [4.78, 5) is 20.7. The maximum Gasteiger partial charge on any atom is 0.317 e. The summed E-state index contributed by atoms with van der Waals surface area (Å²) in [5, 5.41) is 3.14. The number of rotatable bonds is 6. The minimum absolute atomic E-state index is 0.0462. The Morgan fingerprint density at radius 2 is 2.00 bits per heavy atom. The van der Waals surface area contributed by atoms with E-state index in [4.69, 9.17) is 4.74 Å². The highest BCUT2D eigenvalue weighted by molar-refractivity contribution is 5.74. The van der Waals surface area contributed by atoms with Gasteiger partial charge in [-0.2, -0.15) is 4.98 Å². The largest absolute Gasteiger partial charge is 0.478 e. The summed E-state index contributed by atoms with van der Waals surface area (Å²) in [5.74, 6) is 1.62. The number of urea groups is 1. The number of hydrogen-bond donors (Lipinski definition) is 1. The van der Waals surface area contributed by atoms with Gasteiger partial charge in [0.1, 0.15) is 5.82 Å². The molecular formula is C17H28N4O2. The van der Waals surface area contributed by atoms with E-state index in [1.165, 1.54) is 0 Å². The minimum atomic E-state index is 0.0462. The first-order chi connectivity index (χ1) is 11.2. The Balaban J connectivity index is 1.86. The second-order valence-electron chi connectivity index (χ2n) is 5.65. The molecule has 0 spiro atoms. The number of piperidine rings is 1. The van der Waals surface area contributed by atoms with Crippen LogP contribution >= 0.6 is 0 Å². The maximum absolute atomic E-state index is 12.1. The second-order valence-corrected chi connectivity index (χ2v) is 5.65. The van der Waals surface area contributed by atoms with E-state index in [1.54, 1.807) is 0 Å². The van der Waals surface area contributed by atoms with Crippen molar-refractivity contribution in [2.75, 3.05) is 37.7 Å². The minimum Gasteiger partial charge on any atom is -0.478 e. The number of pyridine rings is 1. The van der Waals surface area contributed by atoms with E-state index in [0.717, 1.165) is 44.8 Å². The van der Waals surface area contributed by atoms with Crippen LogP contribution in [-0.4, -0.2) is 54.7 Å². The molecule has 128 valence electrons. The van der Waals surface area contributed by atoms with E-state index in [9.17, 15) is 4.79 Å². The van der Waals surface area contributed by atoms with E-state index in [0.29, 0.717) is 12.5 Å². The highest BCUT2D eigenvalue weighted by Crippen LogP contribution is 2.20. The molecule has 2 heterocycles. The van der Waals surface area contributed by atoms with Gasteiger partial charge < -0.3 is 19.9 Å². The first-order valence-corrected chi connectivity index (χ1v) is 8.58. The lowest BCUT2D eigenvalue weighted by atomic mass is 10.1. The first kappa shape index (κ1) is 17.4. The van der Waals surface area contributed by atoms with E-state index < -0.39 is 0 Å². The molecule has 1 N–H and O–H groups in total. The normalized spacial score (nSPS) is 15.3. The highest BCUT2D eigenvalue weighted by Gasteiger charge is 2.23. The number of hydrogen-bond acceptors (Lipinski definition) is 4. The van der Waals surface area contributed by atoms with Crippen molar-refractivity contribution >= 4 is 11.8 Å². The van der Waals surface area contributed by atoms with Gasteiger partial charge in [-0.1, -0.05) is 6.07 Å². The first-order valence-electron chi connectivity index (χ1n) is 8.58. The van der Waals surface area contributed by atoms with Crippen molar-refractivity contribution in [1.29, 1.82) is 0 Å². The summed E-state index contributed by atoms with van der Waals surface area (Å²) in [6.45, 7) is 9.86. The van der Waals surface area contributed by atoms with E-state index in [2.05, 4.69) is 15.2 Å². The van der Waals surface area contributed by atoms with E-state index >= 15 is 0 Å². The Bertz CT molecular complexity index is 497. The highest BCUT2D eigenvalue weighted by atomic mass is 16.5. The number of amides is 2. The molecule has 1 aromatic rings. The predicted octanol–water partition coefficient (Wildman–Crippen LogP) is 2.50. The molecule has 6 heteroatoms. The summed E-state index contributed by atoms with van der Waals surface area (Å²) in [5.41, 5.74) is 0. The van der Waals surface area contributed by atoms with E-state index in [1.807, 2.05) is 43.9 Å². The van der Waals surface area contributed by atoms with Crippen LogP contribution in [0.15, 0.2) is 18.2 Å². The van der Waals surface area contributed by atoms with Gasteiger partial charge in [-0.25, -0.2) is 4.79 Å². The Kier molecular flexibility index (Phi) is 6.50. The van der Waals surface area contributed by atoms with Crippen molar-refractivity contribution in [2.45, 2.75) is 39.7 Å². The van der Waals surface area contributed by atoms with Crippen molar-refractivity contribution in [3.05, 3.63) is 18.2 Å². The van der Waals surface area contributed by atoms with Crippen molar-refractivity contribution in [1.82, 2.24) is 15.2 Å². The zero-order valence-electron chi connectivity index (χ0n) is 14.4. The molecule has 0 saturated carbocycles. The van der Waals surface area contributed by atoms with Gasteiger partial charge in [0.2, 0.25) is 5.88 Å². The van der Waals surface area contributed by atoms with Gasteiger partial charge in [0.05, 0.1) is 6.61 Å². The third-order valence-electron chi connectivity index (χ3n) is 4.20. The number of aromatic nitrogens is 1. The average molecular weight is 320 g/mol. The number of carbonyl (C=O) groups excluding carboxylic acids is 1. The lowest BCUT2D eigenvalue weighted by Gasteiger charge is -2.34. The molecule has 1 aliphatic rings. The lowest BCUT2D eigenvalue weighted by molar-refractivity contribution is 0.196. The van der Waals surface area contributed by atoms with Gasteiger partial charge in [0.15, 0.2) is 0 Å². The Hall–Kier alpha value is -1.98. The molecular weight excluding hydrogens is 292 g/mol. The molecule has 6 nitrogen and oxygen atoms in total. The van der Waals surface area contributed by atoms with Gasteiger partial charge in [-0.05, 0) is 39.7 Å². The zero-order valence-corrected chi connectivity index (χ0v) is 14.4. The third-order valence-corrected chi connectivity index (χ3v) is 4.20. The van der Waals surface area contributed by atoms with Crippen LogP contribution < -0.4 is 15.0 Å². The summed E-state index contributed by atoms with van der Waals surface area (Å²) < 4.78 is 5.46. The molecule has 0 atom stereocenters. The SMILES string of the molecule is CCOc1cccc(N2CCC(NC(=O)N(CC)CC)CC2)n1. The van der Waals surface area contributed by atoms with Crippen LogP contribution in [0.25, 0.3) is 0 Å². The Morgan fingerprint density at radius 1 is 1.30 bits per heavy atom. The summed E-state index contributed by atoms with van der Waals surface area (Å²) in [6.07, 6.45) is 1.88. The van der Waals surface area contributed by atoms with Crippen molar-refractivity contribution in [3.63, 3.8) is 0 Å². The van der Waals surface area contributed by atoms with Crippen LogP contribution in [0.5, 0.6) is 5.88 Å². The number of nitrogens with zero attached hydrogens (tertiary/aromatic N) is 3. The van der Waals surface area contributed by atoms with Crippen molar-refractivity contribution in [2.24, 2.45) is 0 Å². The summed E-state index contributed by atoms with van der Waals surface area (Å²) >= 11 is 0. The molecule has 23 heavy (non-hydrogen) atoms. The smallest absolute Gasteiger partial charge is 0.317 e. The molecule has 1 aliphatic heterocycles. The van der Waals surface area contributed by atoms with Crippen LogP contribution in [0.3, 0.4) is 0 Å².